The summed E-state index contributed by atoms with van der Waals surface area (Å²) in [6, 6.07) is 8.17. The van der Waals surface area contributed by atoms with E-state index in [9.17, 15) is 14.4 Å². The smallest absolute Gasteiger partial charge is 0.325 e. The van der Waals surface area contributed by atoms with Gasteiger partial charge in [0.1, 0.15) is 12.1 Å². The van der Waals surface area contributed by atoms with Crippen molar-refractivity contribution in [2.75, 3.05) is 44.2 Å². The highest BCUT2D eigenvalue weighted by Crippen LogP contribution is 2.34. The lowest BCUT2D eigenvalue weighted by Gasteiger charge is -2.36. The van der Waals surface area contributed by atoms with E-state index in [1.807, 2.05) is 6.92 Å². The molecule has 3 aliphatic rings. The molecule has 3 fully saturated rings. The van der Waals surface area contributed by atoms with Crippen molar-refractivity contribution < 1.29 is 14.4 Å². The Balaban J connectivity index is 1.18. The molecule has 4 amide bonds. The second kappa shape index (κ2) is 9.48. The lowest BCUT2D eigenvalue weighted by Crippen LogP contribution is -2.48. The van der Waals surface area contributed by atoms with Crippen molar-refractivity contribution in [1.82, 2.24) is 20.4 Å². The molecule has 2 saturated heterocycles. The van der Waals surface area contributed by atoms with Gasteiger partial charge >= 0.3 is 6.03 Å². The zero-order chi connectivity index (χ0) is 22.7. The second-order valence-corrected chi connectivity index (χ2v) is 9.54. The largest absolute Gasteiger partial charge is 0.369 e. The Kier molecular flexibility index (Phi) is 6.69. The van der Waals surface area contributed by atoms with E-state index in [-0.39, 0.29) is 24.4 Å². The van der Waals surface area contributed by atoms with Crippen LogP contribution < -0.4 is 15.5 Å². The SMILES string of the molecule is Cc1cccc(N2CCN(CCC(C)NC(=O)CN3C(=O)NC4(CCCC4)C3=O)CC2)c1. The Hall–Kier alpha value is -2.61. The number of hydrogen-bond acceptors (Lipinski definition) is 5. The predicted molar refractivity (Wildman–Crippen MR) is 123 cm³/mol. The van der Waals surface area contributed by atoms with Crippen LogP contribution in [0.3, 0.4) is 0 Å². The average Bonchev–Trinajstić information content (AvgIpc) is 3.33. The van der Waals surface area contributed by atoms with Crippen molar-refractivity contribution in [1.29, 1.82) is 0 Å². The van der Waals surface area contributed by atoms with Crippen molar-refractivity contribution in [2.45, 2.75) is 57.5 Å². The van der Waals surface area contributed by atoms with Gasteiger partial charge in [0.15, 0.2) is 0 Å². The number of imide groups is 1. The number of benzene rings is 1. The number of rotatable bonds is 7. The van der Waals surface area contributed by atoms with E-state index >= 15 is 0 Å². The van der Waals surface area contributed by atoms with Gasteiger partial charge in [-0.3, -0.25) is 19.4 Å². The molecule has 1 aliphatic carbocycles. The first-order chi connectivity index (χ1) is 15.4. The minimum atomic E-state index is -0.760. The van der Waals surface area contributed by atoms with Gasteiger partial charge in [0.2, 0.25) is 5.91 Å². The Morgan fingerprint density at radius 3 is 2.56 bits per heavy atom. The van der Waals surface area contributed by atoms with Crippen molar-refractivity contribution in [3.05, 3.63) is 29.8 Å². The molecule has 1 atom stereocenters. The van der Waals surface area contributed by atoms with Crippen LogP contribution in [-0.4, -0.2) is 78.5 Å². The third-order valence-corrected chi connectivity index (χ3v) is 7.03. The van der Waals surface area contributed by atoms with E-state index in [1.54, 1.807) is 0 Å². The lowest BCUT2D eigenvalue weighted by atomic mass is 9.98. The molecule has 0 bridgehead atoms. The van der Waals surface area contributed by atoms with Crippen molar-refractivity contribution in [3.8, 4) is 0 Å². The maximum Gasteiger partial charge on any atom is 0.325 e. The molecule has 4 rings (SSSR count). The Bertz CT molecular complexity index is 859. The zero-order valence-corrected chi connectivity index (χ0v) is 19.2. The first kappa shape index (κ1) is 22.6. The summed E-state index contributed by atoms with van der Waals surface area (Å²) in [6.45, 7) is 8.80. The van der Waals surface area contributed by atoms with Crippen LogP contribution in [-0.2, 0) is 9.59 Å². The Morgan fingerprint density at radius 1 is 1.16 bits per heavy atom. The molecule has 1 saturated carbocycles. The first-order valence-electron chi connectivity index (χ1n) is 11.8. The van der Waals surface area contributed by atoms with Gasteiger partial charge in [-0.15, -0.1) is 0 Å². The molecule has 1 spiro atoms. The number of nitrogens with one attached hydrogen (secondary N) is 2. The second-order valence-electron chi connectivity index (χ2n) is 9.54. The van der Waals surface area contributed by atoms with Gasteiger partial charge in [-0.2, -0.15) is 0 Å². The molecule has 2 heterocycles. The van der Waals surface area contributed by atoms with Crippen molar-refractivity contribution in [2.24, 2.45) is 0 Å². The van der Waals surface area contributed by atoms with E-state index in [2.05, 4.69) is 51.6 Å². The fourth-order valence-corrected chi connectivity index (χ4v) is 5.10. The highest BCUT2D eigenvalue weighted by atomic mass is 16.2. The molecule has 2 aliphatic heterocycles. The number of nitrogens with zero attached hydrogens (tertiary/aromatic N) is 3. The van der Waals surface area contributed by atoms with E-state index in [1.165, 1.54) is 11.3 Å². The monoisotopic (exact) mass is 441 g/mol. The number of hydrogen-bond donors (Lipinski definition) is 2. The predicted octanol–water partition coefficient (Wildman–Crippen LogP) is 1.88. The molecular weight excluding hydrogens is 406 g/mol. The van der Waals surface area contributed by atoms with Gasteiger partial charge in [0, 0.05) is 44.5 Å². The molecule has 0 radical (unpaired) electrons. The molecule has 174 valence electrons. The summed E-state index contributed by atoms with van der Waals surface area (Å²) < 4.78 is 0. The van der Waals surface area contributed by atoms with Crippen LogP contribution in [0.15, 0.2) is 24.3 Å². The topological polar surface area (TPSA) is 85.0 Å². The third kappa shape index (κ3) is 4.90. The van der Waals surface area contributed by atoms with E-state index in [0.717, 1.165) is 56.9 Å². The number of aryl methyl sites for hydroxylation is 1. The molecule has 32 heavy (non-hydrogen) atoms. The number of urea groups is 1. The van der Waals surface area contributed by atoms with E-state index < -0.39 is 11.6 Å². The van der Waals surface area contributed by atoms with Gasteiger partial charge in [-0.25, -0.2) is 4.79 Å². The summed E-state index contributed by atoms with van der Waals surface area (Å²) in [4.78, 5) is 43.3. The normalized spacial score (nSPS) is 21.8. The van der Waals surface area contributed by atoms with Crippen LogP contribution in [0.5, 0.6) is 0 Å². The van der Waals surface area contributed by atoms with E-state index in [0.29, 0.717) is 12.8 Å². The fraction of sp³-hybridized carbons (Fsp3) is 0.625. The van der Waals surface area contributed by atoms with Gasteiger partial charge in [0.25, 0.3) is 5.91 Å². The minimum Gasteiger partial charge on any atom is -0.369 e. The van der Waals surface area contributed by atoms with Gasteiger partial charge < -0.3 is 15.5 Å². The summed E-state index contributed by atoms with van der Waals surface area (Å²) in [5.74, 6) is -0.519. The summed E-state index contributed by atoms with van der Waals surface area (Å²) in [7, 11) is 0. The van der Waals surface area contributed by atoms with Crippen LogP contribution >= 0.6 is 0 Å². The maximum atomic E-state index is 12.7. The molecular formula is C24H35N5O3. The Labute approximate surface area is 190 Å². The van der Waals surface area contributed by atoms with Gasteiger partial charge in [0.05, 0.1) is 0 Å². The molecule has 1 aromatic carbocycles. The minimum absolute atomic E-state index is 0.0153. The molecule has 8 nitrogen and oxygen atoms in total. The number of piperazine rings is 1. The fourth-order valence-electron chi connectivity index (χ4n) is 5.10. The molecule has 2 N–H and O–H groups in total. The Morgan fingerprint density at radius 2 is 1.88 bits per heavy atom. The molecule has 8 heteroatoms. The first-order valence-corrected chi connectivity index (χ1v) is 11.8. The average molecular weight is 442 g/mol. The highest BCUT2D eigenvalue weighted by molar-refractivity contribution is 6.09. The van der Waals surface area contributed by atoms with Crippen LogP contribution in [0.2, 0.25) is 0 Å². The number of carbonyl (C=O) groups is 3. The lowest BCUT2D eigenvalue weighted by molar-refractivity contribution is -0.135. The van der Waals surface area contributed by atoms with Gasteiger partial charge in [-0.05, 0) is 50.8 Å². The summed E-state index contributed by atoms with van der Waals surface area (Å²) in [6.07, 6.45) is 4.04. The van der Waals surface area contributed by atoms with Crippen molar-refractivity contribution >= 4 is 23.5 Å². The van der Waals surface area contributed by atoms with E-state index in [4.69, 9.17) is 0 Å². The summed E-state index contributed by atoms with van der Waals surface area (Å²) in [5.41, 5.74) is 1.80. The third-order valence-electron chi connectivity index (χ3n) is 7.03. The van der Waals surface area contributed by atoms with Crippen LogP contribution in [0.4, 0.5) is 10.5 Å². The van der Waals surface area contributed by atoms with Crippen molar-refractivity contribution in [3.63, 3.8) is 0 Å². The number of anilines is 1. The maximum absolute atomic E-state index is 12.7. The van der Waals surface area contributed by atoms with Crippen LogP contribution in [0.25, 0.3) is 0 Å². The summed E-state index contributed by atoms with van der Waals surface area (Å²) >= 11 is 0. The molecule has 0 aromatic heterocycles. The zero-order valence-electron chi connectivity index (χ0n) is 19.2. The van der Waals surface area contributed by atoms with Gasteiger partial charge in [-0.1, -0.05) is 25.0 Å². The highest BCUT2D eigenvalue weighted by Gasteiger charge is 2.52. The summed E-state index contributed by atoms with van der Waals surface area (Å²) in [5, 5.41) is 5.78. The number of amides is 4. The molecule has 1 aromatic rings. The molecule has 1 unspecified atom stereocenters. The standard InChI is InChI=1S/C24H35N5O3/c1-18-6-5-7-20(16-18)28-14-12-27(13-15-28)11-8-19(2)25-21(30)17-29-22(31)24(26-23(29)32)9-3-4-10-24/h5-7,16,19H,3-4,8-15,17H2,1-2H3,(H,25,30)(H,26,32). The van der Waals surface area contributed by atoms with Crippen LogP contribution in [0.1, 0.15) is 44.6 Å². The number of carbonyl (C=O) groups excluding carboxylic acids is 3. The quantitative estimate of drug-likeness (QED) is 0.631. The van der Waals surface area contributed by atoms with Crippen LogP contribution in [0, 0.1) is 6.92 Å².